The van der Waals surface area contributed by atoms with E-state index < -0.39 is 0 Å². The zero-order chi connectivity index (χ0) is 12.0. The molecule has 2 atom stereocenters. The van der Waals surface area contributed by atoms with Crippen LogP contribution < -0.4 is 5.32 Å². The highest BCUT2D eigenvalue weighted by molar-refractivity contribution is 9.10. The van der Waals surface area contributed by atoms with Gasteiger partial charge < -0.3 is 5.32 Å². The summed E-state index contributed by atoms with van der Waals surface area (Å²) in [7, 11) is 0. The molecule has 1 N–H and O–H groups in total. The molecule has 1 aromatic carbocycles. The highest BCUT2D eigenvalue weighted by Gasteiger charge is 2.36. The Bertz CT molecular complexity index is 516. The van der Waals surface area contributed by atoms with Crippen molar-refractivity contribution in [1.82, 2.24) is 5.01 Å². The number of carbonyl (C=O) groups is 1. The topological polar surface area (TPSA) is 57.1 Å². The van der Waals surface area contributed by atoms with E-state index in [1.807, 2.05) is 25.1 Å². The van der Waals surface area contributed by atoms with E-state index in [1.54, 1.807) is 5.01 Å². The van der Waals surface area contributed by atoms with Gasteiger partial charge in [0.05, 0.1) is 6.04 Å². The fourth-order valence-corrected chi connectivity index (χ4v) is 2.67. The van der Waals surface area contributed by atoms with Gasteiger partial charge in [-0.2, -0.15) is 5.11 Å². The Morgan fingerprint density at radius 1 is 1.53 bits per heavy atom. The first kappa shape index (κ1) is 10.7. The van der Waals surface area contributed by atoms with Gasteiger partial charge in [-0.15, -0.1) is 0 Å². The second kappa shape index (κ2) is 3.80. The SMILES string of the molecule is CC1N=NN2CC(=O)Nc3ccc(Br)cc3C12. The van der Waals surface area contributed by atoms with Crippen LogP contribution in [0.4, 0.5) is 5.69 Å². The summed E-state index contributed by atoms with van der Waals surface area (Å²) >= 11 is 3.46. The predicted octanol–water partition coefficient (Wildman–Crippen LogP) is 2.51. The van der Waals surface area contributed by atoms with Crippen molar-refractivity contribution in [2.45, 2.75) is 19.0 Å². The molecule has 6 heteroatoms. The lowest BCUT2D eigenvalue weighted by Gasteiger charge is -2.22. The smallest absolute Gasteiger partial charge is 0.245 e. The number of nitrogens with one attached hydrogen (secondary N) is 1. The Morgan fingerprint density at radius 3 is 3.18 bits per heavy atom. The Hall–Kier alpha value is -1.43. The first-order valence-corrected chi connectivity index (χ1v) is 6.21. The second-order valence-corrected chi connectivity index (χ2v) is 5.18. The van der Waals surface area contributed by atoms with Crippen LogP contribution in [0.5, 0.6) is 0 Å². The molecule has 2 heterocycles. The van der Waals surface area contributed by atoms with Crippen LogP contribution >= 0.6 is 15.9 Å². The van der Waals surface area contributed by atoms with Crippen LogP contribution in [0, 0.1) is 0 Å². The number of nitrogens with zero attached hydrogens (tertiary/aromatic N) is 3. The van der Waals surface area contributed by atoms with Gasteiger partial charge in [0, 0.05) is 15.7 Å². The minimum absolute atomic E-state index is 0.0430. The van der Waals surface area contributed by atoms with Crippen molar-refractivity contribution in [2.24, 2.45) is 10.3 Å². The highest BCUT2D eigenvalue weighted by Crippen LogP contribution is 2.38. The molecule has 0 saturated carbocycles. The van der Waals surface area contributed by atoms with Gasteiger partial charge in [0.1, 0.15) is 12.6 Å². The molecule has 0 fully saturated rings. The van der Waals surface area contributed by atoms with Crippen molar-refractivity contribution < 1.29 is 4.79 Å². The average Bonchev–Trinajstić information content (AvgIpc) is 2.56. The molecule has 17 heavy (non-hydrogen) atoms. The van der Waals surface area contributed by atoms with Crippen LogP contribution in [0.1, 0.15) is 18.5 Å². The highest BCUT2D eigenvalue weighted by atomic mass is 79.9. The van der Waals surface area contributed by atoms with E-state index in [1.165, 1.54) is 0 Å². The van der Waals surface area contributed by atoms with E-state index in [4.69, 9.17) is 0 Å². The van der Waals surface area contributed by atoms with Crippen LogP contribution in [0.2, 0.25) is 0 Å². The number of hydrogen-bond donors (Lipinski definition) is 1. The number of halogens is 1. The number of fused-ring (bicyclic) bond motifs is 3. The van der Waals surface area contributed by atoms with Gasteiger partial charge in [-0.1, -0.05) is 21.2 Å². The molecule has 3 rings (SSSR count). The third kappa shape index (κ3) is 1.72. The van der Waals surface area contributed by atoms with Crippen molar-refractivity contribution in [3.8, 4) is 0 Å². The fourth-order valence-electron chi connectivity index (χ4n) is 2.29. The van der Waals surface area contributed by atoms with E-state index in [2.05, 4.69) is 31.6 Å². The monoisotopic (exact) mass is 294 g/mol. The first-order valence-electron chi connectivity index (χ1n) is 5.42. The molecule has 1 amide bonds. The summed E-state index contributed by atoms with van der Waals surface area (Å²) in [6, 6.07) is 5.96. The number of hydrogen-bond acceptors (Lipinski definition) is 4. The summed E-state index contributed by atoms with van der Waals surface area (Å²) in [5, 5.41) is 12.8. The van der Waals surface area contributed by atoms with Crippen LogP contribution in [-0.2, 0) is 4.79 Å². The van der Waals surface area contributed by atoms with Crippen LogP contribution in [0.3, 0.4) is 0 Å². The number of carbonyl (C=O) groups excluding carboxylic acids is 1. The molecule has 0 radical (unpaired) electrons. The van der Waals surface area contributed by atoms with Crippen molar-refractivity contribution in [3.05, 3.63) is 28.2 Å². The number of anilines is 1. The van der Waals surface area contributed by atoms with Crippen molar-refractivity contribution in [3.63, 3.8) is 0 Å². The molecule has 2 unspecified atom stereocenters. The van der Waals surface area contributed by atoms with Crippen molar-refractivity contribution in [1.29, 1.82) is 0 Å². The Kier molecular flexibility index (Phi) is 2.39. The molecule has 0 saturated heterocycles. The summed E-state index contributed by atoms with van der Waals surface area (Å²) in [5.74, 6) is -0.0517. The third-order valence-electron chi connectivity index (χ3n) is 3.04. The van der Waals surface area contributed by atoms with Crippen LogP contribution in [-0.4, -0.2) is 23.5 Å². The largest absolute Gasteiger partial charge is 0.324 e. The maximum atomic E-state index is 11.7. The van der Waals surface area contributed by atoms with Crippen molar-refractivity contribution >= 4 is 27.5 Å². The molecule has 1 aromatic rings. The third-order valence-corrected chi connectivity index (χ3v) is 3.53. The molecule has 0 bridgehead atoms. The molecule has 0 aliphatic carbocycles. The zero-order valence-electron chi connectivity index (χ0n) is 9.22. The maximum Gasteiger partial charge on any atom is 0.245 e. The second-order valence-electron chi connectivity index (χ2n) is 4.27. The summed E-state index contributed by atoms with van der Waals surface area (Å²) in [6.45, 7) is 2.26. The van der Waals surface area contributed by atoms with Crippen molar-refractivity contribution in [2.75, 3.05) is 11.9 Å². The van der Waals surface area contributed by atoms with Gasteiger partial charge in [0.15, 0.2) is 0 Å². The van der Waals surface area contributed by atoms with Gasteiger partial charge in [-0.05, 0) is 25.1 Å². The number of amides is 1. The van der Waals surface area contributed by atoms with Crippen LogP contribution in [0.25, 0.3) is 0 Å². The van der Waals surface area contributed by atoms with E-state index in [9.17, 15) is 4.79 Å². The van der Waals surface area contributed by atoms with E-state index in [0.717, 1.165) is 15.7 Å². The molecule has 5 nitrogen and oxygen atoms in total. The minimum atomic E-state index is -0.0517. The average molecular weight is 295 g/mol. The maximum absolute atomic E-state index is 11.7. The zero-order valence-corrected chi connectivity index (χ0v) is 10.8. The molecular formula is C11H11BrN4O. The summed E-state index contributed by atoms with van der Waals surface area (Å²) in [6.07, 6.45) is 0. The van der Waals surface area contributed by atoms with E-state index >= 15 is 0 Å². The van der Waals surface area contributed by atoms with E-state index in [0.29, 0.717) is 0 Å². The summed E-state index contributed by atoms with van der Waals surface area (Å²) in [4.78, 5) is 11.7. The minimum Gasteiger partial charge on any atom is -0.324 e. The quantitative estimate of drug-likeness (QED) is 0.799. The normalized spacial score (nSPS) is 26.2. The van der Waals surface area contributed by atoms with Gasteiger partial charge >= 0.3 is 0 Å². The molecule has 0 spiro atoms. The Labute approximate surface area is 107 Å². The first-order chi connectivity index (χ1) is 8.15. The van der Waals surface area contributed by atoms with Gasteiger partial charge in [0.2, 0.25) is 5.91 Å². The Morgan fingerprint density at radius 2 is 2.35 bits per heavy atom. The summed E-state index contributed by atoms with van der Waals surface area (Å²) < 4.78 is 0.992. The van der Waals surface area contributed by atoms with E-state index in [-0.39, 0.29) is 24.5 Å². The molecule has 0 aromatic heterocycles. The van der Waals surface area contributed by atoms with Gasteiger partial charge in [-0.25, -0.2) is 0 Å². The van der Waals surface area contributed by atoms with Gasteiger partial charge in [-0.3, -0.25) is 9.80 Å². The molecule has 2 aliphatic heterocycles. The predicted molar refractivity (Wildman–Crippen MR) is 66.5 cm³/mol. The summed E-state index contributed by atoms with van der Waals surface area (Å²) in [5.41, 5.74) is 1.91. The molecular weight excluding hydrogens is 284 g/mol. The van der Waals surface area contributed by atoms with Crippen LogP contribution in [0.15, 0.2) is 33.0 Å². The lowest BCUT2D eigenvalue weighted by atomic mass is 9.99. The number of rotatable bonds is 0. The molecule has 2 aliphatic rings. The lowest BCUT2D eigenvalue weighted by molar-refractivity contribution is -0.117. The number of benzene rings is 1. The Balaban J connectivity index is 2.14. The standard InChI is InChI=1S/C11H11BrN4O/c1-6-11-8-4-7(12)2-3-9(8)13-10(17)5-16(11)15-14-6/h2-4,6,11H,5H2,1H3,(H,13,17). The van der Waals surface area contributed by atoms with Gasteiger partial charge in [0.25, 0.3) is 0 Å². The fraction of sp³-hybridized carbons (Fsp3) is 0.364. The lowest BCUT2D eigenvalue weighted by Crippen LogP contribution is -2.29. The molecule has 88 valence electrons.